The van der Waals surface area contributed by atoms with Crippen LogP contribution >= 0.6 is 0 Å². The minimum atomic E-state index is -0.765. The maximum atomic E-state index is 9.63. The van der Waals surface area contributed by atoms with Crippen molar-refractivity contribution in [1.29, 1.82) is 0 Å². The van der Waals surface area contributed by atoms with Gasteiger partial charge in [0.2, 0.25) is 0 Å². The molecule has 1 heterocycles. The van der Waals surface area contributed by atoms with E-state index in [1.165, 1.54) is 0 Å². The molecule has 3 heteroatoms. The Morgan fingerprint density at radius 2 is 1.81 bits per heavy atom. The Balaban J connectivity index is 2.08. The number of benzene rings is 2. The molecule has 0 fully saturated rings. The van der Waals surface area contributed by atoms with Crippen LogP contribution in [-0.2, 0) is 11.3 Å². The highest BCUT2D eigenvalue weighted by Crippen LogP contribution is 2.20. The average molecular weight is 210 g/mol. The molecule has 0 amide bonds. The van der Waals surface area contributed by atoms with E-state index in [4.69, 9.17) is 4.65 Å². The van der Waals surface area contributed by atoms with Crippen LogP contribution in [0.5, 0.6) is 0 Å². The minimum Gasteiger partial charge on any atom is -0.423 e. The molecule has 2 nitrogen and oxygen atoms in total. The Labute approximate surface area is 94.6 Å². The van der Waals surface area contributed by atoms with Gasteiger partial charge in [-0.3, -0.25) is 0 Å². The lowest BCUT2D eigenvalue weighted by Gasteiger charge is -2.04. The zero-order chi connectivity index (χ0) is 11.0. The van der Waals surface area contributed by atoms with Crippen LogP contribution in [0.15, 0.2) is 48.5 Å². The fourth-order valence-corrected chi connectivity index (χ4v) is 2.02. The summed E-state index contributed by atoms with van der Waals surface area (Å²) in [4.78, 5) is 0. The second-order valence-electron chi connectivity index (χ2n) is 3.94. The topological polar surface area (TPSA) is 29.5 Å². The van der Waals surface area contributed by atoms with Gasteiger partial charge in [-0.25, -0.2) is 0 Å². The highest BCUT2D eigenvalue weighted by Gasteiger charge is 2.27. The van der Waals surface area contributed by atoms with E-state index in [2.05, 4.69) is 18.2 Å². The third-order valence-electron chi connectivity index (χ3n) is 2.92. The number of hydrogen-bond acceptors (Lipinski definition) is 2. The lowest BCUT2D eigenvalue weighted by atomic mass is 9.78. The van der Waals surface area contributed by atoms with E-state index in [1.54, 1.807) is 0 Å². The fraction of sp³-hybridized carbons (Fsp3) is 0.0769. The normalized spacial score (nSPS) is 13.9. The van der Waals surface area contributed by atoms with Crippen LogP contribution < -0.4 is 5.46 Å². The van der Waals surface area contributed by atoms with Crippen LogP contribution in [0.3, 0.4) is 0 Å². The van der Waals surface area contributed by atoms with Crippen LogP contribution in [0.4, 0.5) is 0 Å². The summed E-state index contributed by atoms with van der Waals surface area (Å²) in [6.45, 7) is 0.506. The van der Waals surface area contributed by atoms with E-state index >= 15 is 0 Å². The minimum absolute atomic E-state index is 0.506. The van der Waals surface area contributed by atoms with Crippen molar-refractivity contribution in [2.75, 3.05) is 0 Å². The Kier molecular flexibility index (Phi) is 2.27. The highest BCUT2D eigenvalue weighted by atomic mass is 16.5. The van der Waals surface area contributed by atoms with Gasteiger partial charge in [0.25, 0.3) is 0 Å². The van der Waals surface area contributed by atoms with Crippen molar-refractivity contribution in [1.82, 2.24) is 0 Å². The van der Waals surface area contributed by atoms with Crippen molar-refractivity contribution < 1.29 is 9.68 Å². The predicted molar refractivity (Wildman–Crippen MR) is 64.3 cm³/mol. The molecular formula is C13H11BO2. The second-order valence-corrected chi connectivity index (χ2v) is 3.94. The Morgan fingerprint density at radius 3 is 2.62 bits per heavy atom. The third kappa shape index (κ3) is 1.54. The molecule has 2 aromatic carbocycles. The van der Waals surface area contributed by atoms with E-state index in [-0.39, 0.29) is 0 Å². The van der Waals surface area contributed by atoms with E-state index in [0.29, 0.717) is 6.61 Å². The van der Waals surface area contributed by atoms with E-state index in [9.17, 15) is 5.02 Å². The first-order valence-corrected chi connectivity index (χ1v) is 5.32. The van der Waals surface area contributed by atoms with Crippen LogP contribution in [0.2, 0.25) is 0 Å². The van der Waals surface area contributed by atoms with Crippen molar-refractivity contribution in [3.05, 3.63) is 54.1 Å². The summed E-state index contributed by atoms with van der Waals surface area (Å²) in [5.74, 6) is 0. The standard InChI is InChI=1S/C13H11BO2/c15-14-13-8-11(6-7-12(13)9-16-14)10-4-2-1-3-5-10/h1-8,15H,9H2. The van der Waals surface area contributed by atoms with Crippen LogP contribution in [-0.4, -0.2) is 12.1 Å². The number of rotatable bonds is 1. The molecule has 0 radical (unpaired) electrons. The molecule has 16 heavy (non-hydrogen) atoms. The molecule has 1 N–H and O–H groups in total. The lowest BCUT2D eigenvalue weighted by Crippen LogP contribution is -2.27. The van der Waals surface area contributed by atoms with Gasteiger partial charge in [-0.2, -0.15) is 0 Å². The van der Waals surface area contributed by atoms with E-state index in [1.807, 2.05) is 30.3 Å². The molecule has 0 aliphatic carbocycles. The molecule has 0 aromatic heterocycles. The maximum absolute atomic E-state index is 9.63. The number of hydrogen-bond donors (Lipinski definition) is 1. The molecule has 0 saturated carbocycles. The average Bonchev–Trinajstić information content (AvgIpc) is 2.72. The zero-order valence-corrected chi connectivity index (χ0v) is 8.76. The van der Waals surface area contributed by atoms with Gasteiger partial charge in [0.1, 0.15) is 0 Å². The molecule has 0 spiro atoms. The van der Waals surface area contributed by atoms with Gasteiger partial charge in [-0.05, 0) is 22.2 Å². The Bertz CT molecular complexity index is 511. The highest BCUT2D eigenvalue weighted by molar-refractivity contribution is 6.61. The first kappa shape index (κ1) is 9.64. The van der Waals surface area contributed by atoms with Gasteiger partial charge < -0.3 is 9.68 Å². The molecular weight excluding hydrogens is 199 g/mol. The summed E-state index contributed by atoms with van der Waals surface area (Å²) in [5.41, 5.74) is 4.24. The largest absolute Gasteiger partial charge is 0.491 e. The monoisotopic (exact) mass is 210 g/mol. The predicted octanol–water partition coefficient (Wildman–Crippen LogP) is 1.57. The molecule has 78 valence electrons. The number of fused-ring (bicyclic) bond motifs is 1. The molecule has 0 unspecified atom stereocenters. The smallest absolute Gasteiger partial charge is 0.423 e. The van der Waals surface area contributed by atoms with Crippen LogP contribution in [0, 0.1) is 0 Å². The van der Waals surface area contributed by atoms with Crippen molar-refractivity contribution in [2.45, 2.75) is 6.61 Å². The summed E-state index contributed by atoms with van der Waals surface area (Å²) in [5, 5.41) is 9.63. The zero-order valence-electron chi connectivity index (χ0n) is 8.76. The van der Waals surface area contributed by atoms with E-state index < -0.39 is 7.12 Å². The molecule has 0 bridgehead atoms. The van der Waals surface area contributed by atoms with E-state index in [0.717, 1.165) is 22.2 Å². The first-order valence-electron chi connectivity index (χ1n) is 5.32. The van der Waals surface area contributed by atoms with Gasteiger partial charge in [-0.15, -0.1) is 0 Å². The van der Waals surface area contributed by atoms with Crippen molar-refractivity contribution in [3.8, 4) is 11.1 Å². The summed E-state index contributed by atoms with van der Waals surface area (Å²) in [7, 11) is -0.765. The molecule has 1 aliphatic heterocycles. The summed E-state index contributed by atoms with van der Waals surface area (Å²) in [6.07, 6.45) is 0. The van der Waals surface area contributed by atoms with Gasteiger partial charge in [0, 0.05) is 0 Å². The van der Waals surface area contributed by atoms with Gasteiger partial charge in [0.15, 0.2) is 0 Å². The molecule has 3 rings (SSSR count). The molecule has 1 aliphatic rings. The van der Waals surface area contributed by atoms with Crippen molar-refractivity contribution in [2.24, 2.45) is 0 Å². The van der Waals surface area contributed by atoms with Gasteiger partial charge >= 0.3 is 7.12 Å². The molecule has 2 aromatic rings. The van der Waals surface area contributed by atoms with Gasteiger partial charge in [-0.1, -0.05) is 48.5 Å². The fourth-order valence-electron chi connectivity index (χ4n) is 2.02. The summed E-state index contributed by atoms with van der Waals surface area (Å²) in [6, 6.07) is 16.2. The summed E-state index contributed by atoms with van der Waals surface area (Å²) < 4.78 is 5.17. The Morgan fingerprint density at radius 1 is 1.00 bits per heavy atom. The van der Waals surface area contributed by atoms with Gasteiger partial charge in [0.05, 0.1) is 6.61 Å². The molecule has 0 saturated heterocycles. The van der Waals surface area contributed by atoms with Crippen LogP contribution in [0.1, 0.15) is 5.56 Å². The molecule has 0 atom stereocenters. The lowest BCUT2D eigenvalue weighted by molar-refractivity contribution is 0.275. The first-order chi connectivity index (χ1) is 7.84. The third-order valence-corrected chi connectivity index (χ3v) is 2.92. The van der Waals surface area contributed by atoms with Crippen LogP contribution in [0.25, 0.3) is 11.1 Å². The Hall–Kier alpha value is -1.58. The second kappa shape index (κ2) is 3.78. The van der Waals surface area contributed by atoms with Crippen molar-refractivity contribution >= 4 is 12.6 Å². The SMILES string of the molecule is OB1OCc2ccc(-c3ccccc3)cc21. The summed E-state index contributed by atoms with van der Waals surface area (Å²) >= 11 is 0. The quantitative estimate of drug-likeness (QED) is 0.724. The maximum Gasteiger partial charge on any atom is 0.491 e. The van der Waals surface area contributed by atoms with Crippen molar-refractivity contribution in [3.63, 3.8) is 0 Å².